The molecule has 0 atom stereocenters. The van der Waals surface area contributed by atoms with Gasteiger partial charge in [0, 0.05) is 0 Å². The summed E-state index contributed by atoms with van der Waals surface area (Å²) in [7, 11) is 0. The monoisotopic (exact) mass is 310 g/mol. The first-order valence-electron chi connectivity index (χ1n) is 8.52. The van der Waals surface area contributed by atoms with E-state index in [9.17, 15) is 4.79 Å². The Bertz CT molecular complexity index is 370. The van der Waals surface area contributed by atoms with Crippen molar-refractivity contribution >= 4 is 5.97 Å². The molecule has 0 rings (SSSR count). The quantitative estimate of drug-likeness (QED) is 0.434. The van der Waals surface area contributed by atoms with Crippen LogP contribution in [-0.2, 0) is 9.53 Å². The summed E-state index contributed by atoms with van der Waals surface area (Å²) >= 11 is 0. The lowest BCUT2D eigenvalue weighted by atomic mass is 9.86. The van der Waals surface area contributed by atoms with Crippen LogP contribution in [0.3, 0.4) is 0 Å². The molecule has 0 bridgehead atoms. The Morgan fingerprint density at radius 1 is 0.818 bits per heavy atom. The fourth-order valence-electron chi connectivity index (χ4n) is 2.23. The van der Waals surface area contributed by atoms with Crippen molar-refractivity contribution in [2.45, 2.75) is 88.0 Å². The van der Waals surface area contributed by atoms with Crippen LogP contribution in [0.5, 0.6) is 0 Å². The number of hydrogen-bond donors (Lipinski definition) is 0. The second-order valence-electron chi connectivity index (χ2n) is 10.1. The third-order valence-electron chi connectivity index (χ3n) is 3.18. The predicted molar refractivity (Wildman–Crippen MR) is 95.9 cm³/mol. The minimum atomic E-state index is -0.0943. The lowest BCUT2D eigenvalue weighted by Gasteiger charge is -2.22. The zero-order valence-corrected chi connectivity index (χ0v) is 16.4. The molecule has 0 radical (unpaired) electrons. The van der Waals surface area contributed by atoms with Crippen LogP contribution in [0.25, 0.3) is 0 Å². The Hall–Kier alpha value is -0.790. The van der Waals surface area contributed by atoms with E-state index in [0.717, 1.165) is 19.3 Å². The third-order valence-corrected chi connectivity index (χ3v) is 3.18. The van der Waals surface area contributed by atoms with Gasteiger partial charge in [-0.3, -0.25) is 4.79 Å². The van der Waals surface area contributed by atoms with Crippen molar-refractivity contribution in [1.82, 2.24) is 0 Å². The van der Waals surface area contributed by atoms with E-state index in [1.54, 1.807) is 0 Å². The summed E-state index contributed by atoms with van der Waals surface area (Å²) in [6, 6.07) is 0. The number of esters is 1. The summed E-state index contributed by atoms with van der Waals surface area (Å²) in [6.45, 7) is 20.1. The molecular formula is C20H38O2. The van der Waals surface area contributed by atoms with Gasteiger partial charge in [0.15, 0.2) is 0 Å². The van der Waals surface area contributed by atoms with E-state index >= 15 is 0 Å². The number of carbonyl (C=O) groups excluding carboxylic acids is 1. The van der Waals surface area contributed by atoms with E-state index in [0.29, 0.717) is 18.4 Å². The molecule has 0 aromatic rings. The topological polar surface area (TPSA) is 26.3 Å². The van der Waals surface area contributed by atoms with Gasteiger partial charge in [-0.15, -0.1) is 0 Å². The highest BCUT2D eigenvalue weighted by molar-refractivity contribution is 5.70. The molecule has 0 heterocycles. The maximum atomic E-state index is 11.9. The molecule has 2 nitrogen and oxygen atoms in total. The van der Waals surface area contributed by atoms with E-state index in [1.807, 2.05) is 0 Å². The summed E-state index contributed by atoms with van der Waals surface area (Å²) in [5, 5.41) is 0. The van der Waals surface area contributed by atoms with Gasteiger partial charge in [0.2, 0.25) is 0 Å². The van der Waals surface area contributed by atoms with Crippen LogP contribution in [0.15, 0.2) is 11.6 Å². The average molecular weight is 311 g/mol. The largest absolute Gasteiger partial charge is 0.461 e. The van der Waals surface area contributed by atoms with Crippen molar-refractivity contribution in [1.29, 1.82) is 0 Å². The van der Waals surface area contributed by atoms with Crippen molar-refractivity contribution in [3.63, 3.8) is 0 Å². The van der Waals surface area contributed by atoms with Crippen molar-refractivity contribution < 1.29 is 9.53 Å². The maximum absolute atomic E-state index is 11.9. The van der Waals surface area contributed by atoms with E-state index in [2.05, 4.69) is 68.4 Å². The van der Waals surface area contributed by atoms with Gasteiger partial charge < -0.3 is 4.74 Å². The molecule has 2 heteroatoms. The van der Waals surface area contributed by atoms with Crippen molar-refractivity contribution in [2.75, 3.05) is 6.61 Å². The summed E-state index contributed by atoms with van der Waals surface area (Å²) < 4.78 is 5.50. The van der Waals surface area contributed by atoms with Crippen LogP contribution < -0.4 is 0 Å². The standard InChI is InChI=1S/C20H38O2/c1-18(2,3)12-10-11-16(13-19(4,5)6)15-22-17(21)14-20(7,8)9/h11H,10,12-15H2,1-9H3. The molecule has 0 N–H and O–H groups in total. The fourth-order valence-corrected chi connectivity index (χ4v) is 2.23. The van der Waals surface area contributed by atoms with Gasteiger partial charge >= 0.3 is 5.97 Å². The average Bonchev–Trinajstić information content (AvgIpc) is 2.19. The summed E-state index contributed by atoms with van der Waals surface area (Å²) in [5.74, 6) is -0.0943. The lowest BCUT2D eigenvalue weighted by Crippen LogP contribution is -2.18. The van der Waals surface area contributed by atoms with Gasteiger partial charge in [-0.2, -0.15) is 0 Å². The van der Waals surface area contributed by atoms with Gasteiger partial charge in [-0.05, 0) is 41.1 Å². The minimum absolute atomic E-state index is 0.0166. The Morgan fingerprint density at radius 2 is 1.32 bits per heavy atom. The lowest BCUT2D eigenvalue weighted by molar-refractivity contribution is -0.144. The number of allylic oxidation sites excluding steroid dienone is 1. The Balaban J connectivity index is 4.61. The second-order valence-corrected chi connectivity index (χ2v) is 10.1. The van der Waals surface area contributed by atoms with Crippen LogP contribution >= 0.6 is 0 Å². The molecule has 130 valence electrons. The van der Waals surface area contributed by atoms with Gasteiger partial charge in [0.05, 0.1) is 6.42 Å². The fraction of sp³-hybridized carbons (Fsp3) is 0.850. The molecule has 0 aliphatic heterocycles. The summed E-state index contributed by atoms with van der Waals surface area (Å²) in [4.78, 5) is 11.9. The number of hydrogen-bond acceptors (Lipinski definition) is 2. The van der Waals surface area contributed by atoms with Crippen LogP contribution in [0.4, 0.5) is 0 Å². The highest BCUT2D eigenvalue weighted by Gasteiger charge is 2.19. The van der Waals surface area contributed by atoms with Crippen molar-refractivity contribution in [3.05, 3.63) is 11.6 Å². The molecule has 0 aliphatic rings. The number of carbonyl (C=O) groups is 1. The van der Waals surface area contributed by atoms with Gasteiger partial charge in [0.1, 0.15) is 6.61 Å². The molecule has 22 heavy (non-hydrogen) atoms. The van der Waals surface area contributed by atoms with Crippen molar-refractivity contribution in [3.8, 4) is 0 Å². The highest BCUT2D eigenvalue weighted by atomic mass is 16.5. The smallest absolute Gasteiger partial charge is 0.306 e. The van der Waals surface area contributed by atoms with E-state index < -0.39 is 0 Å². The Morgan fingerprint density at radius 3 is 1.73 bits per heavy atom. The molecule has 0 fully saturated rings. The van der Waals surface area contributed by atoms with Gasteiger partial charge in [0.25, 0.3) is 0 Å². The second kappa shape index (κ2) is 8.17. The first kappa shape index (κ1) is 21.2. The first-order chi connectivity index (χ1) is 9.68. The molecule has 0 aromatic heterocycles. The molecule has 0 aliphatic carbocycles. The minimum Gasteiger partial charge on any atom is -0.461 e. The molecule has 0 saturated heterocycles. The first-order valence-corrected chi connectivity index (χ1v) is 8.52. The van der Waals surface area contributed by atoms with Crippen LogP contribution in [0.1, 0.15) is 88.0 Å². The van der Waals surface area contributed by atoms with E-state index in [-0.39, 0.29) is 16.8 Å². The van der Waals surface area contributed by atoms with Crippen molar-refractivity contribution in [2.24, 2.45) is 16.2 Å². The summed E-state index contributed by atoms with van der Waals surface area (Å²) in [5.41, 5.74) is 1.78. The normalized spacial score (nSPS) is 14.1. The van der Waals surface area contributed by atoms with E-state index in [1.165, 1.54) is 5.57 Å². The zero-order chi connectivity index (χ0) is 17.6. The van der Waals surface area contributed by atoms with Gasteiger partial charge in [-0.25, -0.2) is 0 Å². The molecule has 0 unspecified atom stereocenters. The molecule has 0 aromatic carbocycles. The number of rotatable bonds is 6. The summed E-state index contributed by atoms with van der Waals surface area (Å²) in [6.07, 6.45) is 5.92. The van der Waals surface area contributed by atoms with Crippen LogP contribution in [0, 0.1) is 16.2 Å². The highest BCUT2D eigenvalue weighted by Crippen LogP contribution is 2.27. The number of ether oxygens (including phenoxy) is 1. The maximum Gasteiger partial charge on any atom is 0.306 e. The Labute approximate surface area is 138 Å². The third kappa shape index (κ3) is 14.2. The predicted octanol–water partition coefficient (Wildman–Crippen LogP) is 6.15. The molecule has 0 spiro atoms. The molecule has 0 amide bonds. The van der Waals surface area contributed by atoms with E-state index in [4.69, 9.17) is 4.74 Å². The van der Waals surface area contributed by atoms with Gasteiger partial charge in [-0.1, -0.05) is 68.4 Å². The molecule has 0 saturated carbocycles. The van der Waals surface area contributed by atoms with Crippen LogP contribution in [0.2, 0.25) is 0 Å². The SMILES string of the molecule is CC(C)(C)CCC=C(COC(=O)CC(C)(C)C)CC(C)(C)C. The zero-order valence-electron chi connectivity index (χ0n) is 16.4. The molecular weight excluding hydrogens is 272 g/mol. The Kier molecular flexibility index (Phi) is 7.88. The van der Waals surface area contributed by atoms with Crippen LogP contribution in [-0.4, -0.2) is 12.6 Å².